The van der Waals surface area contributed by atoms with E-state index in [0.717, 1.165) is 0 Å². The van der Waals surface area contributed by atoms with Gasteiger partial charge in [0.15, 0.2) is 11.5 Å². The van der Waals surface area contributed by atoms with Gasteiger partial charge in [-0.05, 0) is 39.3 Å². The summed E-state index contributed by atoms with van der Waals surface area (Å²) < 4.78 is 22.5. The predicted octanol–water partition coefficient (Wildman–Crippen LogP) is 2.99. The van der Waals surface area contributed by atoms with Crippen molar-refractivity contribution in [3.8, 4) is 11.5 Å². The molecule has 1 saturated heterocycles. The van der Waals surface area contributed by atoms with Crippen molar-refractivity contribution in [1.29, 1.82) is 0 Å². The molecule has 0 saturated carbocycles. The first-order valence-corrected chi connectivity index (χ1v) is 7.54. The van der Waals surface area contributed by atoms with E-state index in [-0.39, 0.29) is 0 Å². The average molecular weight is 328 g/mol. The zero-order valence-electron chi connectivity index (χ0n) is 13.9. The molecule has 122 valence electrons. The summed E-state index contributed by atoms with van der Waals surface area (Å²) in [5, 5.41) is 0.407. The van der Waals surface area contributed by atoms with E-state index >= 15 is 0 Å². The number of hydrogen-bond acceptors (Lipinski definition) is 5. The summed E-state index contributed by atoms with van der Waals surface area (Å²) in [7, 11) is 2.51. The third-order valence-electron chi connectivity index (χ3n) is 4.44. The van der Waals surface area contributed by atoms with Gasteiger partial charge in [-0.3, -0.25) is 0 Å². The molecule has 0 spiro atoms. The van der Waals surface area contributed by atoms with Crippen molar-refractivity contribution in [3.63, 3.8) is 0 Å². The second-order valence-corrected chi connectivity index (χ2v) is 6.73. The number of methoxy groups -OCH3 is 2. The van der Waals surface area contributed by atoms with Gasteiger partial charge in [-0.15, -0.1) is 0 Å². The Hall–Kier alpha value is -0.945. The quantitative estimate of drug-likeness (QED) is 0.861. The molecule has 7 heteroatoms. The molecule has 0 radical (unpaired) electrons. The van der Waals surface area contributed by atoms with Gasteiger partial charge in [-0.2, -0.15) is 0 Å². The van der Waals surface area contributed by atoms with Crippen molar-refractivity contribution < 1.29 is 18.8 Å². The van der Waals surface area contributed by atoms with E-state index in [0.29, 0.717) is 22.1 Å². The maximum atomic E-state index is 6.41. The summed E-state index contributed by atoms with van der Waals surface area (Å²) in [5.41, 5.74) is 6.13. The molecule has 2 N–H and O–H groups in total. The smallest absolute Gasteiger partial charge is 0.480 e. The molecule has 1 atom stereocenters. The molecular formula is C15H23BClNO4. The molecule has 0 aliphatic carbocycles. The summed E-state index contributed by atoms with van der Waals surface area (Å²) >= 11 is 6.41. The van der Waals surface area contributed by atoms with Crippen molar-refractivity contribution in [3.05, 3.63) is 22.7 Å². The van der Waals surface area contributed by atoms with Gasteiger partial charge >= 0.3 is 7.12 Å². The minimum Gasteiger partial charge on any atom is -0.493 e. The maximum absolute atomic E-state index is 6.41. The molecule has 2 rings (SSSR count). The normalized spacial score (nSPS) is 20.8. The standard InChI is InChI=1S/C15H23BClNO4/c1-14(2)15(3,4)22-16(21-14)13(18)9-7-8-10(19-5)12(20-6)11(9)17/h7-8,13H,18H2,1-6H3/t13-/m0/s1. The van der Waals surface area contributed by atoms with Gasteiger partial charge in [0, 0.05) is 0 Å². The minimum atomic E-state index is -0.583. The van der Waals surface area contributed by atoms with Gasteiger partial charge in [0.1, 0.15) is 0 Å². The van der Waals surface area contributed by atoms with Crippen LogP contribution in [0.15, 0.2) is 12.1 Å². The lowest BCUT2D eigenvalue weighted by Crippen LogP contribution is -2.41. The van der Waals surface area contributed by atoms with Crippen LogP contribution in [0.1, 0.15) is 39.2 Å². The van der Waals surface area contributed by atoms with Crippen molar-refractivity contribution in [2.75, 3.05) is 14.2 Å². The van der Waals surface area contributed by atoms with Crippen molar-refractivity contribution >= 4 is 18.7 Å². The Morgan fingerprint density at radius 3 is 2.09 bits per heavy atom. The van der Waals surface area contributed by atoms with E-state index in [1.165, 1.54) is 7.11 Å². The fourth-order valence-corrected chi connectivity index (χ4v) is 2.70. The summed E-state index contributed by atoms with van der Waals surface area (Å²) in [5.74, 6) is 0.472. The molecule has 0 amide bonds. The zero-order valence-corrected chi connectivity index (χ0v) is 14.7. The SMILES string of the molecule is COc1ccc([C@H](N)B2OC(C)(C)C(C)(C)O2)c(Cl)c1OC. The number of benzene rings is 1. The zero-order chi connectivity index (χ0) is 16.7. The lowest BCUT2D eigenvalue weighted by atomic mass is 9.75. The van der Waals surface area contributed by atoms with Gasteiger partial charge in [0.05, 0.1) is 36.4 Å². The molecule has 1 fully saturated rings. The van der Waals surface area contributed by atoms with E-state index < -0.39 is 24.3 Å². The monoisotopic (exact) mass is 327 g/mol. The molecule has 1 aromatic carbocycles. The van der Waals surface area contributed by atoms with Crippen LogP contribution in [0, 0.1) is 0 Å². The Labute approximate surface area is 137 Å². The van der Waals surface area contributed by atoms with E-state index in [4.69, 9.17) is 36.1 Å². The highest BCUT2D eigenvalue weighted by Gasteiger charge is 2.53. The molecule has 5 nitrogen and oxygen atoms in total. The van der Waals surface area contributed by atoms with Crippen LogP contribution in [0.2, 0.25) is 5.02 Å². The minimum absolute atomic E-state index is 0.407. The van der Waals surface area contributed by atoms with Crippen LogP contribution in [0.25, 0.3) is 0 Å². The molecule has 0 bridgehead atoms. The van der Waals surface area contributed by atoms with E-state index in [1.807, 2.05) is 27.7 Å². The first-order valence-electron chi connectivity index (χ1n) is 7.16. The Balaban J connectivity index is 2.34. The van der Waals surface area contributed by atoms with Crippen LogP contribution < -0.4 is 15.2 Å². The van der Waals surface area contributed by atoms with Gasteiger partial charge in [0.2, 0.25) is 0 Å². The molecule has 1 aliphatic rings. The Kier molecular flexibility index (Phi) is 4.69. The number of rotatable bonds is 4. The second-order valence-electron chi connectivity index (χ2n) is 6.35. The van der Waals surface area contributed by atoms with Crippen LogP contribution in [0.4, 0.5) is 0 Å². The largest absolute Gasteiger partial charge is 0.493 e. The Morgan fingerprint density at radius 1 is 1.09 bits per heavy atom. The van der Waals surface area contributed by atoms with Gasteiger partial charge in [-0.1, -0.05) is 17.7 Å². The second kappa shape index (κ2) is 5.93. The van der Waals surface area contributed by atoms with Crippen LogP contribution >= 0.6 is 11.6 Å². The van der Waals surface area contributed by atoms with Crippen LogP contribution in [-0.4, -0.2) is 32.5 Å². The Morgan fingerprint density at radius 2 is 1.64 bits per heavy atom. The summed E-state index contributed by atoms with van der Waals surface area (Å²) in [6, 6.07) is 3.57. The highest BCUT2D eigenvalue weighted by molar-refractivity contribution is 6.48. The number of halogens is 1. The van der Waals surface area contributed by atoms with Crippen LogP contribution in [-0.2, 0) is 9.31 Å². The summed E-state index contributed by atoms with van der Waals surface area (Å²) in [6.07, 6.45) is 0. The Bertz CT molecular complexity index is 549. The van der Waals surface area contributed by atoms with Gasteiger partial charge in [0.25, 0.3) is 0 Å². The van der Waals surface area contributed by atoms with Crippen LogP contribution in [0.5, 0.6) is 11.5 Å². The lowest BCUT2D eigenvalue weighted by molar-refractivity contribution is 0.00578. The fourth-order valence-electron chi connectivity index (χ4n) is 2.34. The van der Waals surface area contributed by atoms with Crippen LogP contribution in [0.3, 0.4) is 0 Å². The van der Waals surface area contributed by atoms with E-state index in [2.05, 4.69) is 0 Å². The van der Waals surface area contributed by atoms with Gasteiger partial charge in [-0.25, -0.2) is 0 Å². The van der Waals surface area contributed by atoms with Crippen molar-refractivity contribution in [1.82, 2.24) is 0 Å². The highest BCUT2D eigenvalue weighted by Crippen LogP contribution is 2.43. The highest BCUT2D eigenvalue weighted by atomic mass is 35.5. The first-order chi connectivity index (χ1) is 10.1. The molecule has 0 aromatic heterocycles. The van der Waals surface area contributed by atoms with Gasteiger partial charge < -0.3 is 24.5 Å². The number of ether oxygens (including phenoxy) is 2. The fraction of sp³-hybridized carbons (Fsp3) is 0.600. The lowest BCUT2D eigenvalue weighted by Gasteiger charge is -2.32. The van der Waals surface area contributed by atoms with E-state index in [1.54, 1.807) is 19.2 Å². The number of hydrogen-bond donors (Lipinski definition) is 1. The molecule has 1 heterocycles. The third kappa shape index (κ3) is 2.81. The number of nitrogens with two attached hydrogens (primary N) is 1. The predicted molar refractivity (Wildman–Crippen MR) is 87.6 cm³/mol. The average Bonchev–Trinajstić information content (AvgIpc) is 2.66. The van der Waals surface area contributed by atoms with Crippen molar-refractivity contribution in [2.24, 2.45) is 5.73 Å². The molecular weight excluding hydrogens is 304 g/mol. The van der Waals surface area contributed by atoms with E-state index in [9.17, 15) is 0 Å². The third-order valence-corrected chi connectivity index (χ3v) is 4.83. The van der Waals surface area contributed by atoms with Crippen molar-refractivity contribution in [2.45, 2.75) is 44.8 Å². The molecule has 1 aromatic rings. The molecule has 0 unspecified atom stereocenters. The maximum Gasteiger partial charge on any atom is 0.480 e. The summed E-state index contributed by atoms with van der Waals surface area (Å²) in [6.45, 7) is 7.93. The first kappa shape index (κ1) is 17.4. The molecule has 1 aliphatic heterocycles. The topological polar surface area (TPSA) is 62.9 Å². The summed E-state index contributed by atoms with van der Waals surface area (Å²) in [4.78, 5) is 0. The molecule has 22 heavy (non-hydrogen) atoms.